The summed E-state index contributed by atoms with van der Waals surface area (Å²) in [6.07, 6.45) is 0. The molecule has 0 N–H and O–H groups in total. The van der Waals surface area contributed by atoms with Gasteiger partial charge in [-0.1, -0.05) is 0 Å². The molecule has 1 saturated heterocycles. The van der Waals surface area contributed by atoms with Gasteiger partial charge in [0.05, 0.1) is 5.69 Å². The summed E-state index contributed by atoms with van der Waals surface area (Å²) in [5.74, 6) is -0.137. The Hall–Kier alpha value is -2.37. The van der Waals surface area contributed by atoms with E-state index in [-0.39, 0.29) is 18.3 Å². The van der Waals surface area contributed by atoms with Gasteiger partial charge < -0.3 is 9.80 Å². The standard InChI is InChI=1S/C17H21FN4O/c1-13-11-14(2)22(19-13)12-17(23)21-9-7-20(8-10-21)16-5-3-15(18)4-6-16/h3-6,11H,7-10,12H2,1-2H3. The van der Waals surface area contributed by atoms with Gasteiger partial charge in [-0.05, 0) is 44.2 Å². The zero-order valence-electron chi connectivity index (χ0n) is 13.5. The highest BCUT2D eigenvalue weighted by Crippen LogP contribution is 2.17. The quantitative estimate of drug-likeness (QED) is 0.869. The molecule has 0 bridgehead atoms. The van der Waals surface area contributed by atoms with Gasteiger partial charge in [0.25, 0.3) is 0 Å². The first-order valence-electron chi connectivity index (χ1n) is 7.82. The summed E-state index contributed by atoms with van der Waals surface area (Å²) in [6.45, 7) is 7.04. The van der Waals surface area contributed by atoms with Gasteiger partial charge in [-0.25, -0.2) is 4.39 Å². The number of hydrogen-bond donors (Lipinski definition) is 0. The van der Waals surface area contributed by atoms with E-state index in [1.54, 1.807) is 16.8 Å². The van der Waals surface area contributed by atoms with Crippen molar-refractivity contribution in [2.24, 2.45) is 0 Å². The number of amides is 1. The van der Waals surface area contributed by atoms with E-state index in [1.807, 2.05) is 24.8 Å². The molecule has 1 aliphatic rings. The normalized spacial score (nSPS) is 15.1. The van der Waals surface area contributed by atoms with E-state index >= 15 is 0 Å². The molecule has 0 radical (unpaired) electrons. The summed E-state index contributed by atoms with van der Waals surface area (Å²) in [5.41, 5.74) is 2.93. The van der Waals surface area contributed by atoms with Crippen LogP contribution in [0.1, 0.15) is 11.4 Å². The van der Waals surface area contributed by atoms with Gasteiger partial charge in [0.2, 0.25) is 5.91 Å². The minimum Gasteiger partial charge on any atom is -0.368 e. The van der Waals surface area contributed by atoms with Gasteiger partial charge in [-0.2, -0.15) is 5.10 Å². The predicted molar refractivity (Wildman–Crippen MR) is 86.9 cm³/mol. The summed E-state index contributed by atoms with van der Waals surface area (Å²) in [6, 6.07) is 8.47. The molecule has 2 aromatic rings. The zero-order chi connectivity index (χ0) is 16.4. The van der Waals surface area contributed by atoms with Gasteiger partial charge in [0, 0.05) is 37.6 Å². The molecule has 0 atom stereocenters. The molecule has 122 valence electrons. The third-order valence-electron chi connectivity index (χ3n) is 4.21. The summed E-state index contributed by atoms with van der Waals surface area (Å²) in [4.78, 5) is 16.5. The lowest BCUT2D eigenvalue weighted by atomic mass is 10.2. The van der Waals surface area contributed by atoms with Crippen LogP contribution in [0.3, 0.4) is 0 Å². The molecule has 1 aliphatic heterocycles. The lowest BCUT2D eigenvalue weighted by Crippen LogP contribution is -2.49. The van der Waals surface area contributed by atoms with Crippen molar-refractivity contribution in [2.45, 2.75) is 20.4 Å². The third-order valence-corrected chi connectivity index (χ3v) is 4.21. The third kappa shape index (κ3) is 3.52. The Balaban J connectivity index is 1.57. The molecule has 1 fully saturated rings. The highest BCUT2D eigenvalue weighted by atomic mass is 19.1. The summed E-state index contributed by atoms with van der Waals surface area (Å²) < 4.78 is 14.7. The van der Waals surface area contributed by atoms with Crippen LogP contribution in [0.4, 0.5) is 10.1 Å². The summed E-state index contributed by atoms with van der Waals surface area (Å²) in [5, 5.41) is 4.34. The number of carbonyl (C=O) groups excluding carboxylic acids is 1. The second-order valence-corrected chi connectivity index (χ2v) is 5.93. The van der Waals surface area contributed by atoms with Crippen LogP contribution in [-0.4, -0.2) is 46.8 Å². The van der Waals surface area contributed by atoms with Gasteiger partial charge in [0.15, 0.2) is 0 Å². The molecule has 3 rings (SSSR count). The number of anilines is 1. The highest BCUT2D eigenvalue weighted by molar-refractivity contribution is 5.76. The molecule has 1 aromatic carbocycles. The largest absolute Gasteiger partial charge is 0.368 e. The van der Waals surface area contributed by atoms with Crippen LogP contribution in [0.15, 0.2) is 30.3 Å². The fourth-order valence-electron chi connectivity index (χ4n) is 2.93. The number of carbonyl (C=O) groups is 1. The van der Waals surface area contributed by atoms with Crippen LogP contribution in [0.25, 0.3) is 0 Å². The molecule has 0 saturated carbocycles. The molecule has 5 nitrogen and oxygen atoms in total. The average molecular weight is 316 g/mol. The van der Waals surface area contributed by atoms with E-state index in [0.717, 1.165) is 30.2 Å². The molecule has 0 spiro atoms. The Bertz CT molecular complexity index is 687. The number of piperazine rings is 1. The van der Waals surface area contributed by atoms with E-state index in [0.29, 0.717) is 13.1 Å². The zero-order valence-corrected chi connectivity index (χ0v) is 13.5. The van der Waals surface area contributed by atoms with Gasteiger partial charge in [0.1, 0.15) is 12.4 Å². The van der Waals surface area contributed by atoms with Crippen molar-refractivity contribution in [3.8, 4) is 0 Å². The highest BCUT2D eigenvalue weighted by Gasteiger charge is 2.22. The summed E-state index contributed by atoms with van der Waals surface area (Å²) >= 11 is 0. The first-order chi connectivity index (χ1) is 11.0. The van der Waals surface area contributed by atoms with Crippen molar-refractivity contribution in [1.29, 1.82) is 0 Å². The number of aryl methyl sites for hydroxylation is 2. The molecule has 6 heteroatoms. The topological polar surface area (TPSA) is 41.4 Å². The van der Waals surface area contributed by atoms with Crippen molar-refractivity contribution >= 4 is 11.6 Å². The Kier molecular flexibility index (Phi) is 4.32. The minimum absolute atomic E-state index is 0.0926. The van der Waals surface area contributed by atoms with E-state index < -0.39 is 0 Å². The van der Waals surface area contributed by atoms with Crippen molar-refractivity contribution in [3.63, 3.8) is 0 Å². The van der Waals surface area contributed by atoms with Crippen molar-refractivity contribution < 1.29 is 9.18 Å². The van der Waals surface area contributed by atoms with Gasteiger partial charge in [-0.3, -0.25) is 9.48 Å². The van der Waals surface area contributed by atoms with Crippen molar-refractivity contribution in [3.05, 3.63) is 47.5 Å². The molecule has 2 heterocycles. The average Bonchev–Trinajstić information content (AvgIpc) is 2.86. The molecule has 1 amide bonds. The first-order valence-corrected chi connectivity index (χ1v) is 7.82. The van der Waals surface area contributed by atoms with E-state index in [2.05, 4.69) is 10.00 Å². The number of nitrogens with zero attached hydrogens (tertiary/aromatic N) is 4. The van der Waals surface area contributed by atoms with Crippen LogP contribution in [0, 0.1) is 19.7 Å². The van der Waals surface area contributed by atoms with E-state index in [9.17, 15) is 9.18 Å². The minimum atomic E-state index is -0.229. The fraction of sp³-hybridized carbons (Fsp3) is 0.412. The number of benzene rings is 1. The maximum absolute atomic E-state index is 13.0. The van der Waals surface area contributed by atoms with Crippen molar-refractivity contribution in [1.82, 2.24) is 14.7 Å². The fourth-order valence-corrected chi connectivity index (χ4v) is 2.93. The molecule has 23 heavy (non-hydrogen) atoms. The number of rotatable bonds is 3. The van der Waals surface area contributed by atoms with Crippen LogP contribution in [0.2, 0.25) is 0 Å². The first kappa shape index (κ1) is 15.5. The van der Waals surface area contributed by atoms with E-state index in [1.165, 1.54) is 12.1 Å². The molecule has 0 unspecified atom stereocenters. The second kappa shape index (κ2) is 6.40. The molecular weight excluding hydrogens is 295 g/mol. The smallest absolute Gasteiger partial charge is 0.244 e. The van der Waals surface area contributed by atoms with Gasteiger partial charge >= 0.3 is 0 Å². The maximum atomic E-state index is 13.0. The Labute approximate surface area is 135 Å². The second-order valence-electron chi connectivity index (χ2n) is 5.93. The Morgan fingerprint density at radius 1 is 1.13 bits per heavy atom. The number of aromatic nitrogens is 2. The van der Waals surface area contributed by atoms with E-state index in [4.69, 9.17) is 0 Å². The summed E-state index contributed by atoms with van der Waals surface area (Å²) in [7, 11) is 0. The Morgan fingerprint density at radius 2 is 1.78 bits per heavy atom. The van der Waals surface area contributed by atoms with Crippen LogP contribution in [-0.2, 0) is 11.3 Å². The molecule has 0 aliphatic carbocycles. The monoisotopic (exact) mass is 316 g/mol. The number of halogens is 1. The molecular formula is C17H21FN4O. The predicted octanol–water partition coefficient (Wildman–Crippen LogP) is 1.99. The lowest BCUT2D eigenvalue weighted by molar-refractivity contribution is -0.132. The Morgan fingerprint density at radius 3 is 2.35 bits per heavy atom. The lowest BCUT2D eigenvalue weighted by Gasteiger charge is -2.36. The SMILES string of the molecule is Cc1cc(C)n(CC(=O)N2CCN(c3ccc(F)cc3)CC2)n1. The van der Waals surface area contributed by atoms with Crippen LogP contribution in [0.5, 0.6) is 0 Å². The number of hydrogen-bond acceptors (Lipinski definition) is 3. The molecule has 1 aromatic heterocycles. The van der Waals surface area contributed by atoms with Crippen LogP contribution >= 0.6 is 0 Å². The van der Waals surface area contributed by atoms with Crippen molar-refractivity contribution in [2.75, 3.05) is 31.1 Å². The van der Waals surface area contributed by atoms with Crippen LogP contribution < -0.4 is 4.90 Å². The van der Waals surface area contributed by atoms with Gasteiger partial charge in [-0.15, -0.1) is 0 Å². The maximum Gasteiger partial charge on any atom is 0.244 e.